The van der Waals surface area contributed by atoms with Crippen LogP contribution < -0.4 is 0 Å². The molecule has 0 aromatic heterocycles. The molecule has 13 heteroatoms. The van der Waals surface area contributed by atoms with Gasteiger partial charge < -0.3 is 24.1 Å². The van der Waals surface area contributed by atoms with E-state index in [4.69, 9.17) is 19.8 Å². The zero-order valence-electron chi connectivity index (χ0n) is 11.8. The molecule has 2 N–H and O–H groups in total. The molecule has 0 saturated heterocycles. The van der Waals surface area contributed by atoms with Crippen LogP contribution in [0.4, 0.5) is 8.78 Å². The number of rotatable bonds is 14. The Morgan fingerprint density at radius 2 is 1.61 bits per heavy atom. The van der Waals surface area contributed by atoms with Crippen molar-refractivity contribution in [3.63, 3.8) is 0 Å². The minimum Gasteiger partial charge on any atom is -0.461 e. The van der Waals surface area contributed by atoms with E-state index in [-0.39, 0.29) is 39.6 Å². The highest BCUT2D eigenvalue weighted by Crippen LogP contribution is 2.31. The van der Waals surface area contributed by atoms with E-state index in [0.717, 1.165) is 0 Å². The van der Waals surface area contributed by atoms with E-state index < -0.39 is 35.8 Å². The maximum Gasteiger partial charge on any atom is 0.415 e. The molecule has 0 spiro atoms. The first kappa shape index (κ1) is 21.9. The number of alkyl halides is 2. The van der Waals surface area contributed by atoms with Gasteiger partial charge >= 0.3 is 17.2 Å². The number of hydrogen-bond acceptors (Lipinski definition) is 11. The quantitative estimate of drug-likeness (QED) is 0.139. The predicted octanol–water partition coefficient (Wildman–Crippen LogP) is -0.239. The van der Waals surface area contributed by atoms with E-state index in [1.807, 2.05) is 0 Å². The van der Waals surface area contributed by atoms with Crippen molar-refractivity contribution in [3.05, 3.63) is 0 Å². The summed E-state index contributed by atoms with van der Waals surface area (Å²) in [6.45, 7) is -0.649. The van der Waals surface area contributed by atoms with Crippen LogP contribution in [-0.4, -0.2) is 73.8 Å². The molecule has 0 aromatic carbocycles. The third-order valence-electron chi connectivity index (χ3n) is 1.83. The Labute approximate surface area is 133 Å². The first-order valence-corrected chi connectivity index (χ1v) is 6.81. The van der Waals surface area contributed by atoms with Gasteiger partial charge in [0.1, 0.15) is 18.6 Å². The Balaban J connectivity index is 3.65. The third-order valence-corrected chi connectivity index (χ3v) is 2.33. The molecular weight excluding hydrogens is 350 g/mol. The van der Waals surface area contributed by atoms with Gasteiger partial charge in [0, 0.05) is 0 Å². The molecule has 0 heterocycles. The monoisotopic (exact) mass is 366 g/mol. The molecule has 0 aliphatic heterocycles. The van der Waals surface area contributed by atoms with Crippen molar-refractivity contribution in [2.24, 2.45) is 0 Å². The normalized spacial score (nSPS) is 11.3. The zero-order chi connectivity index (χ0) is 17.6. The molecule has 0 radical (unpaired) electrons. The van der Waals surface area contributed by atoms with Crippen molar-refractivity contribution in [1.82, 2.24) is 0 Å². The van der Waals surface area contributed by atoms with E-state index >= 15 is 0 Å². The highest BCUT2D eigenvalue weighted by atomic mass is 32.2. The summed E-state index contributed by atoms with van der Waals surface area (Å²) < 4.78 is 47.7. The van der Waals surface area contributed by atoms with Crippen molar-refractivity contribution in [2.45, 2.75) is 5.25 Å². The van der Waals surface area contributed by atoms with Crippen LogP contribution in [0.2, 0.25) is 0 Å². The van der Waals surface area contributed by atoms with Crippen molar-refractivity contribution in [2.75, 3.05) is 46.2 Å². The maximum absolute atomic E-state index is 12.9. The van der Waals surface area contributed by atoms with Gasteiger partial charge in [-0.3, -0.25) is 0 Å². The third kappa shape index (κ3) is 12.1. The molecule has 0 unspecified atom stereocenters. The molecule has 0 saturated carbocycles. The molecule has 0 aliphatic rings. The second-order valence-electron chi connectivity index (χ2n) is 3.49. The van der Waals surface area contributed by atoms with E-state index in [0.29, 0.717) is 0 Å². The van der Waals surface area contributed by atoms with Gasteiger partial charge in [0.2, 0.25) is 0 Å². The van der Waals surface area contributed by atoms with E-state index in [9.17, 15) is 18.4 Å². The molecule has 0 aliphatic carbocycles. The molecule has 136 valence electrons. The Hall–Kier alpha value is -1.09. The van der Waals surface area contributed by atoms with Gasteiger partial charge in [0.15, 0.2) is 6.61 Å². The lowest BCUT2D eigenvalue weighted by Crippen LogP contribution is -2.30. The van der Waals surface area contributed by atoms with E-state index in [2.05, 4.69) is 18.8 Å². The van der Waals surface area contributed by atoms with Gasteiger partial charge in [-0.25, -0.2) is 14.8 Å². The summed E-state index contributed by atoms with van der Waals surface area (Å²) >= 11 is -0.809. The first-order chi connectivity index (χ1) is 10.9. The fraction of sp³-hybridized carbons (Fsp3) is 0.800. The molecule has 0 amide bonds. The van der Waals surface area contributed by atoms with Gasteiger partial charge in [0.05, 0.1) is 33.0 Å². The van der Waals surface area contributed by atoms with Crippen LogP contribution in [0, 0.1) is 0 Å². The Bertz CT molecular complexity index is 344. The SMILES string of the molecule is O=C(COC(=O)C(F)(F)SOOO)OCCOCCOCCO. The lowest BCUT2D eigenvalue weighted by atomic mass is 10.6. The summed E-state index contributed by atoms with van der Waals surface area (Å²) in [6.07, 6.45) is 0. The molecule has 10 nitrogen and oxygen atoms in total. The second-order valence-corrected chi connectivity index (χ2v) is 4.30. The van der Waals surface area contributed by atoms with Crippen LogP contribution in [0.1, 0.15) is 0 Å². The predicted molar refractivity (Wildman–Crippen MR) is 68.0 cm³/mol. The Kier molecular flexibility index (Phi) is 12.7. The largest absolute Gasteiger partial charge is 0.461 e. The minimum atomic E-state index is -4.18. The van der Waals surface area contributed by atoms with Crippen molar-refractivity contribution in [1.29, 1.82) is 0 Å². The van der Waals surface area contributed by atoms with Crippen LogP contribution in [-0.2, 0) is 37.9 Å². The lowest BCUT2D eigenvalue weighted by Gasteiger charge is -2.12. The van der Waals surface area contributed by atoms with Gasteiger partial charge in [-0.05, 0) is 0 Å². The molecule has 0 atom stereocenters. The molecule has 0 fully saturated rings. The molecule has 0 bridgehead atoms. The number of hydrogen-bond donors (Lipinski definition) is 2. The van der Waals surface area contributed by atoms with Gasteiger partial charge in [0.25, 0.3) is 0 Å². The van der Waals surface area contributed by atoms with Crippen LogP contribution >= 0.6 is 12.0 Å². The highest BCUT2D eigenvalue weighted by molar-refractivity contribution is 7.96. The molecule has 0 rings (SSSR count). The Morgan fingerprint density at radius 3 is 2.22 bits per heavy atom. The Morgan fingerprint density at radius 1 is 1.00 bits per heavy atom. The smallest absolute Gasteiger partial charge is 0.415 e. The summed E-state index contributed by atoms with van der Waals surface area (Å²) in [6, 6.07) is 0. The van der Waals surface area contributed by atoms with Crippen LogP contribution in [0.25, 0.3) is 0 Å². The number of carbonyl (C=O) groups is 2. The van der Waals surface area contributed by atoms with Gasteiger partial charge in [-0.1, -0.05) is 5.04 Å². The van der Waals surface area contributed by atoms with Crippen LogP contribution in [0.15, 0.2) is 0 Å². The highest BCUT2D eigenvalue weighted by Gasteiger charge is 2.44. The number of carbonyl (C=O) groups excluding carboxylic acids is 2. The van der Waals surface area contributed by atoms with Crippen molar-refractivity contribution >= 4 is 24.0 Å². The fourth-order valence-corrected chi connectivity index (χ4v) is 1.19. The van der Waals surface area contributed by atoms with E-state index in [1.165, 1.54) is 0 Å². The molecule has 0 aromatic rings. The average molecular weight is 366 g/mol. The number of aliphatic hydroxyl groups is 1. The number of halogens is 2. The number of esters is 2. The van der Waals surface area contributed by atoms with Crippen molar-refractivity contribution in [3.8, 4) is 0 Å². The summed E-state index contributed by atoms with van der Waals surface area (Å²) in [5.74, 6) is -3.13. The maximum atomic E-state index is 12.9. The first-order valence-electron chi connectivity index (χ1n) is 6.07. The second kappa shape index (κ2) is 13.4. The lowest BCUT2D eigenvalue weighted by molar-refractivity contribution is -0.433. The topological polar surface area (TPSA) is 130 Å². The zero-order valence-corrected chi connectivity index (χ0v) is 12.6. The summed E-state index contributed by atoms with van der Waals surface area (Å²) in [4.78, 5) is 22.0. The van der Waals surface area contributed by atoms with Crippen molar-refractivity contribution < 1.29 is 57.1 Å². The van der Waals surface area contributed by atoms with Gasteiger partial charge in [-0.15, -0.1) is 4.33 Å². The standard InChI is InChI=1S/C10H16F2O10S/c11-10(12,23-22-21-16)9(15)20-7-8(14)19-6-5-18-4-3-17-2-1-13/h13,16H,1-7H2. The van der Waals surface area contributed by atoms with E-state index in [1.54, 1.807) is 0 Å². The van der Waals surface area contributed by atoms with Crippen LogP contribution in [0.5, 0.6) is 0 Å². The van der Waals surface area contributed by atoms with Gasteiger partial charge in [-0.2, -0.15) is 8.78 Å². The van der Waals surface area contributed by atoms with Crippen LogP contribution in [0.3, 0.4) is 0 Å². The fourth-order valence-electron chi connectivity index (χ4n) is 0.943. The average Bonchev–Trinajstić information content (AvgIpc) is 2.53. The number of aliphatic hydroxyl groups excluding tert-OH is 1. The summed E-state index contributed by atoms with van der Waals surface area (Å²) in [7, 11) is 0. The number of ether oxygens (including phenoxy) is 4. The minimum absolute atomic E-state index is 0.0237. The molecular formula is C10H16F2O10S. The summed E-state index contributed by atoms with van der Waals surface area (Å²) in [5, 5.41) is 14.8. The summed E-state index contributed by atoms with van der Waals surface area (Å²) in [5.41, 5.74) is 0. The molecule has 23 heavy (non-hydrogen) atoms.